The number of hydrogen-bond donors (Lipinski definition) is 12. The number of esters is 2. The molecular formula is C72H102N12O18. The molecule has 30 heteroatoms. The van der Waals surface area contributed by atoms with Crippen molar-refractivity contribution < 1.29 is 87.4 Å². The molecule has 6 fully saturated rings. The van der Waals surface area contributed by atoms with E-state index in [0.717, 1.165) is 9.80 Å². The van der Waals surface area contributed by atoms with Gasteiger partial charge in [0.25, 0.3) is 11.8 Å². The second-order valence-electron chi connectivity index (χ2n) is 31.3. The van der Waals surface area contributed by atoms with Crippen LogP contribution in [0.5, 0.6) is 0 Å². The monoisotopic (exact) mass is 1420 g/mol. The second kappa shape index (κ2) is 29.7. The fraction of sp³-hybridized carbons (Fsp3) is 0.667. The number of rotatable bonds is 11. The first kappa shape index (κ1) is 76.2. The molecule has 10 rings (SSSR count). The van der Waals surface area contributed by atoms with Crippen molar-refractivity contribution in [1.29, 1.82) is 0 Å². The molecule has 558 valence electrons. The highest BCUT2D eigenvalue weighted by Gasteiger charge is 2.64. The van der Waals surface area contributed by atoms with Gasteiger partial charge in [-0.1, -0.05) is 95.2 Å². The maximum absolute atomic E-state index is 15.5. The minimum Gasteiger partial charge on any atom is -0.450 e. The van der Waals surface area contributed by atoms with Crippen LogP contribution in [0.2, 0.25) is 0 Å². The Labute approximate surface area is 593 Å². The molecule has 0 unspecified atom stereocenters. The largest absolute Gasteiger partial charge is 0.450 e. The summed E-state index contributed by atoms with van der Waals surface area (Å²) in [4.78, 5) is 181. The Balaban J connectivity index is 1.01. The van der Waals surface area contributed by atoms with Gasteiger partial charge >= 0.3 is 11.9 Å². The number of cyclic esters (lactones) is 2. The molecule has 0 aromatic heterocycles. The number of anilines is 2. The summed E-state index contributed by atoms with van der Waals surface area (Å²) in [5, 5.41) is 72.4. The summed E-state index contributed by atoms with van der Waals surface area (Å²) in [5.74, 6) is -13.2. The molecule has 2 aromatic rings. The van der Waals surface area contributed by atoms with Crippen molar-refractivity contribution in [2.24, 2.45) is 35.5 Å². The standard InChI is InChI=1S/C72H102N12O18/c1-31(2)25-45-57(87)79-53(37(13)85)63(93)83-49(61(91)77-51(33(5)6)67(97)101-55(35(9)10)65(95)81-23-15-17-47(81)59(89)73-45)29-71(99)41-27-39(19-21-43(41)75-69(71)83)40-20-22-44-42(28-40)72(100)30-50-62(92)78-52(34(7)8)68(98)102-56(36(11)12)66(96)82-24-16-18-48(82)60(90)74-46(26-32(3)4)58(88)80-54(38(14)86)64(94)84(50)70(72)76-44/h19-22,27-28,31-38,45-56,69-70,75-76,85-86,99-100H,15-18,23-26,29-30H2,1-14H3,(H,73,89)(H,74,90)(H,77,91)(H,78,92)(H,79,87)(H,80,88)/t37-,38-,45-,46-,47+,48+,49-,50-,51+,52+,53+,54+,55-,56-,69-,70-,71+,72+/m0/s1. The highest BCUT2D eigenvalue weighted by Crippen LogP contribution is 2.53. The topological polar surface area (TPSA) is 413 Å². The molecule has 0 radical (unpaired) electrons. The molecular weight excluding hydrogens is 1320 g/mol. The van der Waals surface area contributed by atoms with Crippen molar-refractivity contribution in [3.63, 3.8) is 0 Å². The number of fused-ring (bicyclic) bond motifs is 12. The van der Waals surface area contributed by atoms with Gasteiger partial charge in [-0.2, -0.15) is 0 Å². The first-order valence-electron chi connectivity index (χ1n) is 36.0. The van der Waals surface area contributed by atoms with Crippen LogP contribution in [0.15, 0.2) is 36.4 Å². The van der Waals surface area contributed by atoms with Gasteiger partial charge in [0.05, 0.1) is 12.2 Å². The third kappa shape index (κ3) is 14.5. The molecule has 8 heterocycles. The van der Waals surface area contributed by atoms with E-state index in [1.54, 1.807) is 91.8 Å². The molecule has 10 amide bonds. The van der Waals surface area contributed by atoms with Gasteiger partial charge in [0.2, 0.25) is 47.3 Å². The number of ether oxygens (including phenoxy) is 2. The van der Waals surface area contributed by atoms with Gasteiger partial charge < -0.3 is 92.0 Å². The summed E-state index contributed by atoms with van der Waals surface area (Å²) in [6.45, 7) is 23.2. The summed E-state index contributed by atoms with van der Waals surface area (Å²) < 4.78 is 12.0. The Morgan fingerprint density at radius 2 is 0.755 bits per heavy atom. The van der Waals surface area contributed by atoms with E-state index >= 15 is 19.2 Å². The molecule has 12 N–H and O–H groups in total. The first-order chi connectivity index (χ1) is 47.9. The minimum atomic E-state index is -2.16. The third-order valence-electron chi connectivity index (χ3n) is 21.2. The number of carbonyl (C=O) groups is 12. The Hall–Kier alpha value is -8.48. The lowest BCUT2D eigenvalue weighted by Crippen LogP contribution is -2.63. The van der Waals surface area contributed by atoms with E-state index in [-0.39, 0.29) is 61.7 Å². The van der Waals surface area contributed by atoms with Gasteiger partial charge in [0.1, 0.15) is 84.0 Å². The fourth-order valence-corrected chi connectivity index (χ4v) is 15.7. The number of benzene rings is 2. The highest BCUT2D eigenvalue weighted by atomic mass is 16.6. The van der Waals surface area contributed by atoms with E-state index in [0.29, 0.717) is 35.3 Å². The van der Waals surface area contributed by atoms with Crippen molar-refractivity contribution in [2.45, 2.75) is 257 Å². The van der Waals surface area contributed by atoms with Crippen LogP contribution in [0.3, 0.4) is 0 Å². The molecule has 8 aliphatic heterocycles. The summed E-state index contributed by atoms with van der Waals surface area (Å²) in [7, 11) is 0. The summed E-state index contributed by atoms with van der Waals surface area (Å²) in [6.07, 6.45) is -8.74. The summed E-state index contributed by atoms with van der Waals surface area (Å²) in [5.41, 5.74) is -2.61. The van der Waals surface area contributed by atoms with Crippen molar-refractivity contribution in [2.75, 3.05) is 23.7 Å². The van der Waals surface area contributed by atoms with Crippen LogP contribution in [0, 0.1) is 35.5 Å². The lowest BCUT2D eigenvalue weighted by molar-refractivity contribution is -0.167. The predicted molar refractivity (Wildman–Crippen MR) is 367 cm³/mol. The van der Waals surface area contributed by atoms with Crippen LogP contribution in [0.1, 0.15) is 159 Å². The molecule has 0 saturated carbocycles. The molecule has 2 aromatic carbocycles. The van der Waals surface area contributed by atoms with E-state index in [9.17, 15) is 58.8 Å². The molecule has 30 nitrogen and oxygen atoms in total. The highest BCUT2D eigenvalue weighted by molar-refractivity contribution is 6.01. The maximum atomic E-state index is 15.5. The Kier molecular flexibility index (Phi) is 22.2. The molecule has 18 atom stereocenters. The fourth-order valence-electron chi connectivity index (χ4n) is 15.7. The molecule has 6 saturated heterocycles. The van der Waals surface area contributed by atoms with Crippen LogP contribution in [0.25, 0.3) is 11.1 Å². The van der Waals surface area contributed by atoms with Crippen molar-refractivity contribution in [3.8, 4) is 11.1 Å². The average molecular weight is 1420 g/mol. The van der Waals surface area contributed by atoms with Crippen molar-refractivity contribution in [1.82, 2.24) is 51.5 Å². The Morgan fingerprint density at radius 3 is 1.07 bits per heavy atom. The number of aliphatic hydroxyl groups excluding tert-OH is 2. The van der Waals surface area contributed by atoms with Gasteiger partial charge in [-0.25, -0.2) is 9.59 Å². The van der Waals surface area contributed by atoms with Crippen LogP contribution >= 0.6 is 0 Å². The second-order valence-corrected chi connectivity index (χ2v) is 31.3. The average Bonchev–Trinajstić information content (AvgIpc) is 1.55. The number of aliphatic hydroxyl groups is 4. The van der Waals surface area contributed by atoms with Crippen LogP contribution in [-0.2, 0) is 78.2 Å². The van der Waals surface area contributed by atoms with Crippen molar-refractivity contribution in [3.05, 3.63) is 47.5 Å². The lowest BCUT2D eigenvalue weighted by atomic mass is 9.86. The Morgan fingerprint density at radius 1 is 0.422 bits per heavy atom. The van der Waals surface area contributed by atoms with Gasteiger partial charge in [0.15, 0.2) is 12.2 Å². The lowest BCUT2D eigenvalue weighted by Gasteiger charge is -2.36. The molecule has 0 spiro atoms. The van der Waals surface area contributed by atoms with Gasteiger partial charge in [-0.3, -0.25) is 47.9 Å². The normalized spacial score (nSPS) is 32.9. The van der Waals surface area contributed by atoms with Crippen LogP contribution < -0.4 is 42.5 Å². The summed E-state index contributed by atoms with van der Waals surface area (Å²) in [6, 6.07) is -4.67. The van der Waals surface area contributed by atoms with E-state index in [1.807, 2.05) is 27.7 Å². The van der Waals surface area contributed by atoms with Crippen molar-refractivity contribution >= 4 is 82.4 Å². The smallest absolute Gasteiger partial charge is 0.329 e. The quantitative estimate of drug-likeness (QED) is 0.137. The zero-order valence-electron chi connectivity index (χ0n) is 60.5. The molecule has 8 aliphatic rings. The molecule has 102 heavy (non-hydrogen) atoms. The van der Waals surface area contributed by atoms with Gasteiger partial charge in [0, 0.05) is 48.4 Å². The van der Waals surface area contributed by atoms with E-state index in [2.05, 4.69) is 42.5 Å². The van der Waals surface area contributed by atoms with Gasteiger partial charge in [-0.05, 0) is 123 Å². The zero-order valence-corrected chi connectivity index (χ0v) is 60.5. The number of hydrogen-bond acceptors (Lipinski definition) is 20. The van der Waals surface area contributed by atoms with E-state index < -0.39 is 216 Å². The minimum absolute atomic E-state index is 0.0604. The number of amides is 10. The Bertz CT molecular complexity index is 3420. The zero-order chi connectivity index (χ0) is 74.8. The molecule has 0 bridgehead atoms. The van der Waals surface area contributed by atoms with E-state index in [4.69, 9.17) is 9.47 Å². The van der Waals surface area contributed by atoms with Crippen LogP contribution in [-0.4, -0.2) is 221 Å². The van der Waals surface area contributed by atoms with E-state index in [1.165, 1.54) is 23.6 Å². The number of nitrogens with one attached hydrogen (secondary N) is 8. The number of nitrogens with zero attached hydrogens (tertiary/aromatic N) is 4. The molecule has 0 aliphatic carbocycles. The first-order valence-corrected chi connectivity index (χ1v) is 36.0. The van der Waals surface area contributed by atoms with Gasteiger partial charge in [-0.15, -0.1) is 0 Å². The van der Waals surface area contributed by atoms with Crippen LogP contribution in [0.4, 0.5) is 11.4 Å². The third-order valence-corrected chi connectivity index (χ3v) is 21.2. The predicted octanol–water partition coefficient (Wildman–Crippen LogP) is 0.653. The summed E-state index contributed by atoms with van der Waals surface area (Å²) >= 11 is 0. The maximum Gasteiger partial charge on any atom is 0.329 e. The SMILES string of the molecule is CC(C)C[C@@H]1NC(=O)[C@H]2CCCN2C(=O)[C@H](C(C)C)OC(=O)[C@@H](C(C)C)NC(=O)[C@@H]2C[C@@]3(O)c4cc(-c5ccc6c(c5)[C@]5(O)C[C@H]7C(=O)N[C@H](C(C)C)C(=O)O[C@@H](C(C)C)C(=O)N8CCC[C@@H]8C(=O)N[C@@H](CC(C)C)C(=O)N[C@H]([C@H](C)O)C(=O)N7[C@@H]5N6)ccc4N[C@H]3N2C(=O)[C@@H]([C@H](C)O)NC1=O. The number of carbonyl (C=O) groups excluding carboxylic acids is 12.